The molecule has 24 heavy (non-hydrogen) atoms. The number of carbonyl (C=O) groups excluding carboxylic acids is 2. The largest absolute Gasteiger partial charge is 0.507 e. The maximum absolute atomic E-state index is 12.8. The van der Waals surface area contributed by atoms with E-state index < -0.39 is 0 Å². The topological polar surface area (TPSA) is 70.1 Å². The number of amides is 2. The van der Waals surface area contributed by atoms with Crippen molar-refractivity contribution in [2.75, 3.05) is 33.3 Å². The highest BCUT2D eigenvalue weighted by Gasteiger charge is 2.31. The van der Waals surface area contributed by atoms with E-state index >= 15 is 0 Å². The van der Waals surface area contributed by atoms with Crippen molar-refractivity contribution in [3.05, 3.63) is 23.8 Å². The van der Waals surface area contributed by atoms with Gasteiger partial charge in [-0.1, -0.05) is 12.5 Å². The van der Waals surface area contributed by atoms with Crippen molar-refractivity contribution in [3.63, 3.8) is 0 Å². The van der Waals surface area contributed by atoms with Gasteiger partial charge in [-0.2, -0.15) is 0 Å². The number of phenols is 1. The van der Waals surface area contributed by atoms with E-state index in [1.165, 1.54) is 13.2 Å². The van der Waals surface area contributed by atoms with Gasteiger partial charge in [0.25, 0.3) is 5.91 Å². The minimum Gasteiger partial charge on any atom is -0.507 e. The number of rotatable bonds is 3. The molecule has 2 amide bonds. The first-order valence-electron chi connectivity index (χ1n) is 8.56. The van der Waals surface area contributed by atoms with Crippen molar-refractivity contribution in [1.82, 2.24) is 9.80 Å². The van der Waals surface area contributed by atoms with Crippen LogP contribution in [0.5, 0.6) is 11.5 Å². The molecule has 3 rings (SSSR count). The fraction of sp³-hybridized carbons (Fsp3) is 0.556. The highest BCUT2D eigenvalue weighted by molar-refractivity contribution is 5.99. The summed E-state index contributed by atoms with van der Waals surface area (Å²) in [6.45, 7) is 2.30. The lowest BCUT2D eigenvalue weighted by Gasteiger charge is -2.31. The molecule has 1 aromatic rings. The summed E-state index contributed by atoms with van der Waals surface area (Å²) in [7, 11) is 1.48. The molecule has 0 aromatic heterocycles. The van der Waals surface area contributed by atoms with E-state index in [0.29, 0.717) is 31.9 Å². The van der Waals surface area contributed by atoms with Gasteiger partial charge in [-0.3, -0.25) is 9.59 Å². The van der Waals surface area contributed by atoms with E-state index in [0.717, 1.165) is 25.7 Å². The van der Waals surface area contributed by atoms with E-state index in [1.54, 1.807) is 17.0 Å². The van der Waals surface area contributed by atoms with Crippen molar-refractivity contribution in [2.45, 2.75) is 25.7 Å². The van der Waals surface area contributed by atoms with Gasteiger partial charge in [0.1, 0.15) is 17.1 Å². The van der Waals surface area contributed by atoms with Gasteiger partial charge in [0.15, 0.2) is 0 Å². The quantitative estimate of drug-likeness (QED) is 0.917. The van der Waals surface area contributed by atoms with Gasteiger partial charge >= 0.3 is 0 Å². The average Bonchev–Trinajstić information content (AvgIpc) is 2.78. The highest BCUT2D eigenvalue weighted by atomic mass is 16.5. The van der Waals surface area contributed by atoms with Gasteiger partial charge in [-0.15, -0.1) is 0 Å². The van der Waals surface area contributed by atoms with Crippen molar-refractivity contribution in [1.29, 1.82) is 0 Å². The SMILES string of the molecule is COc1cccc(O)c1C(=O)N1CCCN(C(=O)C2CCC2)CC1. The lowest BCUT2D eigenvalue weighted by Crippen LogP contribution is -2.41. The summed E-state index contributed by atoms with van der Waals surface area (Å²) in [6, 6.07) is 4.80. The monoisotopic (exact) mass is 332 g/mol. The standard InChI is InChI=1S/C18H24N2O4/c1-24-15-8-3-7-14(21)16(15)18(23)20-10-4-9-19(11-12-20)17(22)13-5-2-6-13/h3,7-8,13,21H,2,4-6,9-12H2,1H3. The van der Waals surface area contributed by atoms with Crippen LogP contribution in [0.3, 0.4) is 0 Å². The van der Waals surface area contributed by atoms with Crippen LogP contribution in [0, 0.1) is 5.92 Å². The molecule has 2 fully saturated rings. The van der Waals surface area contributed by atoms with Crippen LogP contribution < -0.4 is 4.74 Å². The van der Waals surface area contributed by atoms with Crippen molar-refractivity contribution >= 4 is 11.8 Å². The molecule has 130 valence electrons. The first kappa shape index (κ1) is 16.6. The first-order valence-corrected chi connectivity index (χ1v) is 8.56. The van der Waals surface area contributed by atoms with Crippen molar-refractivity contribution < 1.29 is 19.4 Å². The summed E-state index contributed by atoms with van der Waals surface area (Å²) in [5, 5.41) is 10.1. The van der Waals surface area contributed by atoms with Gasteiger partial charge in [-0.25, -0.2) is 0 Å². The second kappa shape index (κ2) is 7.11. The summed E-state index contributed by atoms with van der Waals surface area (Å²) < 4.78 is 5.21. The fourth-order valence-corrected chi connectivity index (χ4v) is 3.32. The Bertz CT molecular complexity index is 627. The lowest BCUT2D eigenvalue weighted by atomic mass is 9.84. The number of hydrogen-bond donors (Lipinski definition) is 1. The Labute approximate surface area is 142 Å². The molecule has 0 bridgehead atoms. The summed E-state index contributed by atoms with van der Waals surface area (Å²) in [4.78, 5) is 28.8. The number of ether oxygens (including phenoxy) is 1. The predicted octanol–water partition coefficient (Wildman–Crippen LogP) is 1.88. The van der Waals surface area contributed by atoms with Crippen LogP contribution in [-0.2, 0) is 4.79 Å². The molecule has 0 unspecified atom stereocenters. The van der Waals surface area contributed by atoms with Crippen LogP contribution in [0.15, 0.2) is 18.2 Å². The van der Waals surface area contributed by atoms with Gasteiger partial charge in [0.2, 0.25) is 5.91 Å². The van der Waals surface area contributed by atoms with E-state index in [1.807, 2.05) is 4.90 Å². The summed E-state index contributed by atoms with van der Waals surface area (Å²) in [5.74, 6) is 0.460. The third-order valence-corrected chi connectivity index (χ3v) is 4.99. The Balaban J connectivity index is 1.70. The van der Waals surface area contributed by atoms with Crippen molar-refractivity contribution in [2.24, 2.45) is 5.92 Å². The number of carbonyl (C=O) groups is 2. The molecule has 2 aliphatic rings. The van der Waals surface area contributed by atoms with Crippen LogP contribution in [0.2, 0.25) is 0 Å². The van der Waals surface area contributed by atoms with Crippen LogP contribution >= 0.6 is 0 Å². The molecule has 1 heterocycles. The molecule has 6 heteroatoms. The van der Waals surface area contributed by atoms with Gasteiger partial charge < -0.3 is 19.6 Å². The molecule has 1 aliphatic carbocycles. The molecule has 1 saturated carbocycles. The van der Waals surface area contributed by atoms with E-state index in [4.69, 9.17) is 4.74 Å². The maximum atomic E-state index is 12.8. The van der Waals surface area contributed by atoms with E-state index in [-0.39, 0.29) is 29.0 Å². The highest BCUT2D eigenvalue weighted by Crippen LogP contribution is 2.30. The predicted molar refractivity (Wildman–Crippen MR) is 89.1 cm³/mol. The van der Waals surface area contributed by atoms with Crippen LogP contribution in [0.25, 0.3) is 0 Å². The molecule has 1 aliphatic heterocycles. The number of methoxy groups -OCH3 is 1. The average molecular weight is 332 g/mol. The van der Waals surface area contributed by atoms with Crippen molar-refractivity contribution in [3.8, 4) is 11.5 Å². The van der Waals surface area contributed by atoms with Crippen LogP contribution in [0.4, 0.5) is 0 Å². The molecule has 1 aromatic carbocycles. The fourth-order valence-electron chi connectivity index (χ4n) is 3.32. The normalized spacial score (nSPS) is 18.7. The molecule has 0 atom stereocenters. The third-order valence-electron chi connectivity index (χ3n) is 4.99. The number of benzene rings is 1. The lowest BCUT2D eigenvalue weighted by molar-refractivity contribution is -0.138. The van der Waals surface area contributed by atoms with Gasteiger partial charge in [0, 0.05) is 32.1 Å². The molecular weight excluding hydrogens is 308 g/mol. The molecule has 0 radical (unpaired) electrons. The molecular formula is C18H24N2O4. The minimum absolute atomic E-state index is 0.0778. The number of hydrogen-bond acceptors (Lipinski definition) is 4. The number of aromatic hydroxyl groups is 1. The minimum atomic E-state index is -0.247. The van der Waals surface area contributed by atoms with Crippen LogP contribution in [0.1, 0.15) is 36.0 Å². The Kier molecular flexibility index (Phi) is 4.92. The zero-order chi connectivity index (χ0) is 17.1. The zero-order valence-electron chi connectivity index (χ0n) is 14.0. The molecule has 1 saturated heterocycles. The maximum Gasteiger partial charge on any atom is 0.261 e. The Hall–Kier alpha value is -2.24. The smallest absolute Gasteiger partial charge is 0.261 e. The van der Waals surface area contributed by atoms with E-state index in [9.17, 15) is 14.7 Å². The Morgan fingerprint density at radius 1 is 1.08 bits per heavy atom. The van der Waals surface area contributed by atoms with Gasteiger partial charge in [0.05, 0.1) is 7.11 Å². The number of phenolic OH excluding ortho intramolecular Hbond substituents is 1. The van der Waals surface area contributed by atoms with E-state index in [2.05, 4.69) is 0 Å². The summed E-state index contributed by atoms with van der Waals surface area (Å²) >= 11 is 0. The zero-order valence-corrected chi connectivity index (χ0v) is 14.0. The molecule has 0 spiro atoms. The second-order valence-corrected chi connectivity index (χ2v) is 6.45. The Morgan fingerprint density at radius 3 is 2.46 bits per heavy atom. The third kappa shape index (κ3) is 3.18. The number of nitrogens with zero attached hydrogens (tertiary/aromatic N) is 2. The van der Waals surface area contributed by atoms with Gasteiger partial charge in [-0.05, 0) is 31.4 Å². The first-order chi connectivity index (χ1) is 11.6. The summed E-state index contributed by atoms with van der Waals surface area (Å²) in [5.41, 5.74) is 0.193. The van der Waals surface area contributed by atoms with Crippen LogP contribution in [-0.4, -0.2) is 60.0 Å². The molecule has 6 nitrogen and oxygen atoms in total. The molecule has 1 N–H and O–H groups in total. The Morgan fingerprint density at radius 2 is 1.79 bits per heavy atom. The second-order valence-electron chi connectivity index (χ2n) is 6.45. The summed E-state index contributed by atoms with van der Waals surface area (Å²) in [6.07, 6.45) is 3.88.